The number of carbonyl (C=O) groups is 2. The number of hydrogen-bond acceptors (Lipinski definition) is 5. The highest BCUT2D eigenvalue weighted by atomic mass is 127. The van der Waals surface area contributed by atoms with Gasteiger partial charge >= 0.3 is 0 Å². The van der Waals surface area contributed by atoms with Gasteiger partial charge in [-0.05, 0) is 12.1 Å². The number of hydrogen-bond donors (Lipinski definition) is 2. The Kier molecular flexibility index (Phi) is 7.91. The third-order valence-corrected chi connectivity index (χ3v) is 4.39. The van der Waals surface area contributed by atoms with Crippen molar-refractivity contribution in [3.63, 3.8) is 0 Å². The third-order valence-electron chi connectivity index (χ3n) is 4.39. The lowest BCUT2D eigenvalue weighted by molar-refractivity contribution is 0.0657. The van der Waals surface area contributed by atoms with Crippen LogP contribution >= 0.6 is 24.0 Å². The third kappa shape index (κ3) is 4.66. The van der Waals surface area contributed by atoms with Crippen molar-refractivity contribution in [2.45, 2.75) is 19.9 Å². The van der Waals surface area contributed by atoms with Crippen LogP contribution in [0, 0.1) is 0 Å². The topological polar surface area (TPSA) is 105 Å². The summed E-state index contributed by atoms with van der Waals surface area (Å²) in [6, 6.07) is 6.88. The first kappa shape index (κ1) is 21.8. The second-order valence-corrected chi connectivity index (χ2v) is 6.03. The van der Waals surface area contributed by atoms with E-state index in [0.29, 0.717) is 30.2 Å². The SMILES string of the molecule is CCc1nncn1CCNC(=NC)NCCN1C(=O)c2ccccc2C1=O.I. The standard InChI is InChI=1S/C18H23N7O2.HI/c1-3-15-23-22-12-24(15)10-8-20-18(19-2)21-9-11-25-16(26)13-6-4-5-7-14(13)17(25)27;/h4-7,12H,3,8-11H2,1-2H3,(H2,19,20,21);1H. The van der Waals surface area contributed by atoms with E-state index < -0.39 is 0 Å². The Bertz CT molecular complexity index is 830. The lowest BCUT2D eigenvalue weighted by Crippen LogP contribution is -2.43. The Morgan fingerprint density at radius 1 is 1.07 bits per heavy atom. The molecule has 0 bridgehead atoms. The van der Waals surface area contributed by atoms with Gasteiger partial charge in [0.2, 0.25) is 0 Å². The van der Waals surface area contributed by atoms with E-state index in [2.05, 4.69) is 25.8 Å². The van der Waals surface area contributed by atoms with Crippen LogP contribution in [0.5, 0.6) is 0 Å². The fourth-order valence-corrected chi connectivity index (χ4v) is 2.98. The van der Waals surface area contributed by atoms with Crippen LogP contribution in [0.4, 0.5) is 0 Å². The maximum atomic E-state index is 12.3. The number of nitrogens with one attached hydrogen (secondary N) is 2. The van der Waals surface area contributed by atoms with Gasteiger partial charge in [-0.15, -0.1) is 34.2 Å². The summed E-state index contributed by atoms with van der Waals surface area (Å²) in [6.45, 7) is 4.09. The lowest BCUT2D eigenvalue weighted by atomic mass is 10.1. The predicted molar refractivity (Wildman–Crippen MR) is 116 cm³/mol. The molecule has 3 rings (SSSR count). The average molecular weight is 497 g/mol. The van der Waals surface area contributed by atoms with Crippen LogP contribution in [0.25, 0.3) is 0 Å². The first-order valence-corrected chi connectivity index (χ1v) is 8.92. The molecule has 10 heteroatoms. The molecule has 2 aromatic rings. The fourth-order valence-electron chi connectivity index (χ4n) is 2.98. The molecule has 150 valence electrons. The van der Waals surface area contributed by atoms with Crippen molar-refractivity contribution in [3.05, 3.63) is 47.5 Å². The summed E-state index contributed by atoms with van der Waals surface area (Å²) in [5.74, 6) is 1.04. The van der Waals surface area contributed by atoms with Gasteiger partial charge in [-0.1, -0.05) is 19.1 Å². The van der Waals surface area contributed by atoms with Crippen LogP contribution < -0.4 is 10.6 Å². The largest absolute Gasteiger partial charge is 0.355 e. The molecule has 1 aliphatic heterocycles. The Hall–Kier alpha value is -2.50. The first-order chi connectivity index (χ1) is 13.2. The van der Waals surface area contributed by atoms with Crippen molar-refractivity contribution in [3.8, 4) is 0 Å². The zero-order valence-corrected chi connectivity index (χ0v) is 18.2. The van der Waals surface area contributed by atoms with E-state index in [1.807, 2.05) is 11.5 Å². The zero-order chi connectivity index (χ0) is 19.2. The molecule has 0 atom stereocenters. The Balaban J connectivity index is 0.00000280. The molecule has 0 aliphatic carbocycles. The number of nitrogens with zero attached hydrogens (tertiary/aromatic N) is 5. The van der Waals surface area contributed by atoms with Gasteiger partial charge in [-0.25, -0.2) is 0 Å². The molecule has 1 aromatic heterocycles. The van der Waals surface area contributed by atoms with Crippen LogP contribution in [0.15, 0.2) is 35.6 Å². The Morgan fingerprint density at radius 2 is 1.68 bits per heavy atom. The average Bonchev–Trinajstić information content (AvgIpc) is 3.25. The van der Waals surface area contributed by atoms with E-state index in [-0.39, 0.29) is 42.3 Å². The van der Waals surface area contributed by atoms with Crippen molar-refractivity contribution < 1.29 is 9.59 Å². The minimum atomic E-state index is -0.250. The number of benzene rings is 1. The molecule has 2 amide bonds. The number of imide groups is 1. The maximum Gasteiger partial charge on any atom is 0.261 e. The number of aryl methyl sites for hydroxylation is 1. The van der Waals surface area contributed by atoms with Gasteiger partial charge in [0.1, 0.15) is 12.2 Å². The van der Waals surface area contributed by atoms with Gasteiger partial charge < -0.3 is 15.2 Å². The number of halogens is 1. The monoisotopic (exact) mass is 497 g/mol. The summed E-state index contributed by atoms with van der Waals surface area (Å²) in [7, 11) is 1.67. The van der Waals surface area contributed by atoms with Crippen molar-refractivity contribution in [1.29, 1.82) is 0 Å². The van der Waals surface area contributed by atoms with E-state index >= 15 is 0 Å². The number of amides is 2. The molecule has 0 spiro atoms. The van der Waals surface area contributed by atoms with Crippen molar-refractivity contribution in [1.82, 2.24) is 30.3 Å². The van der Waals surface area contributed by atoms with E-state index in [1.54, 1.807) is 37.6 Å². The Morgan fingerprint density at radius 3 is 2.25 bits per heavy atom. The highest BCUT2D eigenvalue weighted by molar-refractivity contribution is 14.0. The second kappa shape index (κ2) is 10.2. The molecule has 0 saturated heterocycles. The molecule has 0 fully saturated rings. The maximum absolute atomic E-state index is 12.3. The number of carbonyl (C=O) groups excluding carboxylic acids is 2. The fraction of sp³-hybridized carbons (Fsp3) is 0.389. The lowest BCUT2D eigenvalue weighted by Gasteiger charge is -2.16. The van der Waals surface area contributed by atoms with E-state index in [1.165, 1.54) is 4.90 Å². The van der Waals surface area contributed by atoms with Crippen LogP contribution in [0.3, 0.4) is 0 Å². The van der Waals surface area contributed by atoms with E-state index in [9.17, 15) is 9.59 Å². The molecule has 0 unspecified atom stereocenters. The summed E-state index contributed by atoms with van der Waals surface area (Å²) in [5, 5.41) is 14.3. The van der Waals surface area contributed by atoms with Gasteiger partial charge in [-0.3, -0.25) is 19.5 Å². The van der Waals surface area contributed by atoms with Gasteiger partial charge in [0.15, 0.2) is 5.96 Å². The molecule has 1 aliphatic rings. The molecule has 1 aromatic carbocycles. The number of aliphatic imine (C=N–C) groups is 1. The number of fused-ring (bicyclic) bond motifs is 1. The summed E-state index contributed by atoms with van der Waals surface area (Å²) in [5.41, 5.74) is 0.927. The second-order valence-electron chi connectivity index (χ2n) is 6.03. The highest BCUT2D eigenvalue weighted by Gasteiger charge is 2.34. The normalized spacial score (nSPS) is 13.4. The quantitative estimate of drug-likeness (QED) is 0.255. The molecule has 0 radical (unpaired) electrons. The van der Waals surface area contributed by atoms with Crippen LogP contribution in [-0.4, -0.2) is 64.1 Å². The van der Waals surface area contributed by atoms with Gasteiger partial charge in [0, 0.05) is 39.6 Å². The molecule has 9 nitrogen and oxygen atoms in total. The number of aromatic nitrogens is 3. The van der Waals surface area contributed by atoms with E-state index in [4.69, 9.17) is 0 Å². The zero-order valence-electron chi connectivity index (χ0n) is 15.9. The van der Waals surface area contributed by atoms with Crippen LogP contribution in [0.2, 0.25) is 0 Å². The predicted octanol–water partition coefficient (Wildman–Crippen LogP) is 0.920. The van der Waals surface area contributed by atoms with Gasteiger partial charge in [-0.2, -0.15) is 0 Å². The summed E-state index contributed by atoms with van der Waals surface area (Å²) < 4.78 is 1.99. The number of rotatable bonds is 7. The molecule has 2 N–H and O–H groups in total. The molecular weight excluding hydrogens is 473 g/mol. The molecule has 0 saturated carbocycles. The number of guanidine groups is 1. The van der Waals surface area contributed by atoms with Crippen LogP contribution in [0.1, 0.15) is 33.5 Å². The van der Waals surface area contributed by atoms with E-state index in [0.717, 1.165) is 18.8 Å². The van der Waals surface area contributed by atoms with Gasteiger partial charge in [0.05, 0.1) is 11.1 Å². The van der Waals surface area contributed by atoms with Gasteiger partial charge in [0.25, 0.3) is 11.8 Å². The molecular formula is C18H24IN7O2. The molecule has 2 heterocycles. The minimum absolute atomic E-state index is 0. The minimum Gasteiger partial charge on any atom is -0.355 e. The Labute approximate surface area is 180 Å². The van der Waals surface area contributed by atoms with Crippen LogP contribution in [-0.2, 0) is 13.0 Å². The smallest absolute Gasteiger partial charge is 0.261 e. The molecule has 28 heavy (non-hydrogen) atoms. The summed E-state index contributed by atoms with van der Waals surface area (Å²) in [4.78, 5) is 30.1. The van der Waals surface area contributed by atoms with Crippen molar-refractivity contribution in [2.75, 3.05) is 26.7 Å². The van der Waals surface area contributed by atoms with Crippen molar-refractivity contribution >= 4 is 41.8 Å². The first-order valence-electron chi connectivity index (χ1n) is 8.92. The summed E-state index contributed by atoms with van der Waals surface area (Å²) >= 11 is 0. The summed E-state index contributed by atoms with van der Waals surface area (Å²) in [6.07, 6.45) is 2.53. The highest BCUT2D eigenvalue weighted by Crippen LogP contribution is 2.21. The van der Waals surface area contributed by atoms with Crippen molar-refractivity contribution in [2.24, 2.45) is 4.99 Å².